The molecular weight excluding hydrogens is 302 g/mol. The molecule has 1 aliphatic rings. The van der Waals surface area contributed by atoms with Gasteiger partial charge in [0.05, 0.1) is 13.0 Å². The number of nitrogens with one attached hydrogen (secondary N) is 1. The van der Waals surface area contributed by atoms with Crippen molar-refractivity contribution in [2.75, 3.05) is 6.61 Å². The van der Waals surface area contributed by atoms with E-state index >= 15 is 0 Å². The highest BCUT2D eigenvalue weighted by atomic mass is 16.5. The molecule has 24 heavy (non-hydrogen) atoms. The molecule has 140 valence electrons. The maximum absolute atomic E-state index is 11.5. The molecule has 0 unspecified atom stereocenters. The zero-order valence-corrected chi connectivity index (χ0v) is 15.6. The number of unbranched alkanes of at least 4 members (excludes halogenated alkanes) is 13. The minimum Gasteiger partial charge on any atom is -0.464 e. The lowest BCUT2D eigenvalue weighted by Gasteiger charge is -2.24. The Kier molecular flexibility index (Phi) is 12.5. The lowest BCUT2D eigenvalue weighted by atomic mass is 10.0. The molecule has 1 rings (SSSR count). The number of ether oxygens (including phenoxy) is 1. The molecule has 0 radical (unpaired) electrons. The van der Waals surface area contributed by atoms with Crippen molar-refractivity contribution in [1.29, 1.82) is 0 Å². The minimum atomic E-state index is -0.385. The smallest absolute Gasteiger partial charge is 0.329 e. The van der Waals surface area contributed by atoms with Gasteiger partial charge in [-0.3, -0.25) is 4.79 Å². The monoisotopic (exact) mass is 339 g/mol. The zero-order chi connectivity index (χ0) is 17.5. The summed E-state index contributed by atoms with van der Waals surface area (Å²) in [7, 11) is 0. The zero-order valence-electron chi connectivity index (χ0n) is 15.6. The van der Waals surface area contributed by atoms with Gasteiger partial charge in [-0.15, -0.1) is 0 Å². The SMILES string of the molecule is CCCCCCCCCCCCCCCCOC(=O)[C@@H]1CC(=O)N1. The van der Waals surface area contributed by atoms with Gasteiger partial charge in [-0.2, -0.15) is 0 Å². The van der Waals surface area contributed by atoms with E-state index in [1.54, 1.807) is 0 Å². The van der Waals surface area contributed by atoms with Crippen molar-refractivity contribution in [2.24, 2.45) is 0 Å². The first-order valence-electron chi connectivity index (χ1n) is 10.2. The number of amides is 1. The van der Waals surface area contributed by atoms with Crippen LogP contribution in [0.4, 0.5) is 0 Å². The highest BCUT2D eigenvalue weighted by Gasteiger charge is 2.32. The summed E-state index contributed by atoms with van der Waals surface area (Å²) >= 11 is 0. The van der Waals surface area contributed by atoms with Crippen molar-refractivity contribution in [3.8, 4) is 0 Å². The van der Waals surface area contributed by atoms with Crippen molar-refractivity contribution in [3.63, 3.8) is 0 Å². The van der Waals surface area contributed by atoms with E-state index in [0.717, 1.165) is 12.8 Å². The van der Waals surface area contributed by atoms with Crippen LogP contribution in [0.2, 0.25) is 0 Å². The van der Waals surface area contributed by atoms with Gasteiger partial charge in [0, 0.05) is 0 Å². The Balaban J connectivity index is 1.70. The molecule has 1 atom stereocenters. The topological polar surface area (TPSA) is 55.4 Å². The molecule has 4 heteroatoms. The van der Waals surface area contributed by atoms with Crippen LogP contribution in [0.15, 0.2) is 0 Å². The molecule has 1 amide bonds. The number of hydrogen-bond acceptors (Lipinski definition) is 3. The van der Waals surface area contributed by atoms with Crippen molar-refractivity contribution in [2.45, 2.75) is 109 Å². The van der Waals surface area contributed by atoms with E-state index in [1.165, 1.54) is 77.0 Å². The fraction of sp³-hybridized carbons (Fsp3) is 0.900. The quantitative estimate of drug-likeness (QED) is 0.247. The second kappa shape index (κ2) is 14.3. The van der Waals surface area contributed by atoms with Gasteiger partial charge in [-0.25, -0.2) is 4.79 Å². The first kappa shape index (κ1) is 21.0. The van der Waals surface area contributed by atoms with Gasteiger partial charge in [0.2, 0.25) is 5.91 Å². The fourth-order valence-electron chi connectivity index (χ4n) is 3.07. The molecule has 0 aromatic rings. The van der Waals surface area contributed by atoms with E-state index in [-0.39, 0.29) is 24.3 Å². The summed E-state index contributed by atoms with van der Waals surface area (Å²) in [6, 6.07) is -0.385. The molecule has 1 heterocycles. The third-order valence-corrected chi connectivity index (χ3v) is 4.75. The minimum absolute atomic E-state index is 0.0616. The number of hydrogen-bond donors (Lipinski definition) is 1. The van der Waals surface area contributed by atoms with E-state index in [4.69, 9.17) is 4.74 Å². The van der Waals surface area contributed by atoms with Crippen molar-refractivity contribution < 1.29 is 14.3 Å². The van der Waals surface area contributed by atoms with Crippen LogP contribution in [0, 0.1) is 0 Å². The predicted octanol–water partition coefficient (Wildman–Crippen LogP) is 4.90. The van der Waals surface area contributed by atoms with Gasteiger partial charge in [-0.05, 0) is 6.42 Å². The van der Waals surface area contributed by atoms with Crippen LogP contribution in [0.25, 0.3) is 0 Å². The Labute approximate surface area is 148 Å². The van der Waals surface area contributed by atoms with Gasteiger partial charge in [0.25, 0.3) is 0 Å². The van der Waals surface area contributed by atoms with Crippen molar-refractivity contribution in [3.05, 3.63) is 0 Å². The lowest BCUT2D eigenvalue weighted by Crippen LogP contribution is -2.53. The molecule has 0 aromatic carbocycles. The molecule has 1 N–H and O–H groups in total. The Bertz CT molecular complexity index is 336. The van der Waals surface area contributed by atoms with Crippen LogP contribution >= 0.6 is 0 Å². The number of β-lactam (4-membered cyclic amide) rings is 1. The molecule has 1 aliphatic heterocycles. The van der Waals surface area contributed by atoms with E-state index in [9.17, 15) is 9.59 Å². The Morgan fingerprint density at radius 3 is 1.71 bits per heavy atom. The van der Waals surface area contributed by atoms with Gasteiger partial charge in [0.1, 0.15) is 6.04 Å². The van der Waals surface area contributed by atoms with E-state index in [2.05, 4.69) is 12.2 Å². The molecule has 0 bridgehead atoms. The predicted molar refractivity (Wildman–Crippen MR) is 97.8 cm³/mol. The summed E-state index contributed by atoms with van der Waals surface area (Å²) < 4.78 is 5.15. The standard InChI is InChI=1S/C20H37NO3/c1-2-3-4-5-6-7-8-9-10-11-12-13-14-15-16-24-20(23)18-17-19(22)21-18/h18H,2-17H2,1H3,(H,21,22)/t18-/m0/s1. The molecular formula is C20H37NO3. The maximum atomic E-state index is 11.5. The average Bonchev–Trinajstić information content (AvgIpc) is 2.55. The number of carbonyl (C=O) groups is 2. The average molecular weight is 340 g/mol. The maximum Gasteiger partial charge on any atom is 0.329 e. The summed E-state index contributed by atoms with van der Waals surface area (Å²) in [5.41, 5.74) is 0. The van der Waals surface area contributed by atoms with Gasteiger partial charge in [0.15, 0.2) is 0 Å². The normalized spacial score (nSPS) is 16.5. The van der Waals surface area contributed by atoms with Gasteiger partial charge < -0.3 is 10.1 Å². The molecule has 0 aliphatic carbocycles. The number of rotatable bonds is 16. The Morgan fingerprint density at radius 2 is 1.29 bits per heavy atom. The van der Waals surface area contributed by atoms with Crippen LogP contribution in [0.1, 0.15) is 103 Å². The molecule has 1 saturated heterocycles. The van der Waals surface area contributed by atoms with Crippen LogP contribution in [0.3, 0.4) is 0 Å². The summed E-state index contributed by atoms with van der Waals surface area (Å²) in [5.74, 6) is -0.335. The summed E-state index contributed by atoms with van der Waals surface area (Å²) in [5, 5.41) is 2.53. The molecule has 0 saturated carbocycles. The van der Waals surface area contributed by atoms with Crippen LogP contribution in [0.5, 0.6) is 0 Å². The highest BCUT2D eigenvalue weighted by Crippen LogP contribution is 2.13. The summed E-state index contributed by atoms with van der Waals surface area (Å²) in [4.78, 5) is 22.2. The first-order valence-corrected chi connectivity index (χ1v) is 10.2. The third-order valence-electron chi connectivity index (χ3n) is 4.75. The summed E-state index contributed by atoms with van der Waals surface area (Å²) in [6.45, 7) is 2.76. The Hall–Kier alpha value is -1.06. The Morgan fingerprint density at radius 1 is 0.875 bits per heavy atom. The van der Waals surface area contributed by atoms with Crippen LogP contribution in [-0.4, -0.2) is 24.5 Å². The lowest BCUT2D eigenvalue weighted by molar-refractivity contribution is -0.153. The van der Waals surface area contributed by atoms with Crippen LogP contribution in [-0.2, 0) is 14.3 Å². The van der Waals surface area contributed by atoms with Crippen molar-refractivity contribution >= 4 is 11.9 Å². The highest BCUT2D eigenvalue weighted by molar-refractivity contribution is 5.94. The van der Waals surface area contributed by atoms with E-state index < -0.39 is 0 Å². The molecule has 0 spiro atoms. The third kappa shape index (κ3) is 10.7. The van der Waals surface area contributed by atoms with Gasteiger partial charge >= 0.3 is 5.97 Å². The van der Waals surface area contributed by atoms with E-state index in [0.29, 0.717) is 6.61 Å². The fourth-order valence-corrected chi connectivity index (χ4v) is 3.07. The largest absolute Gasteiger partial charge is 0.464 e. The molecule has 4 nitrogen and oxygen atoms in total. The van der Waals surface area contributed by atoms with Gasteiger partial charge in [-0.1, -0.05) is 90.4 Å². The van der Waals surface area contributed by atoms with E-state index in [1.807, 2.05) is 0 Å². The summed E-state index contributed by atoms with van der Waals surface area (Å²) in [6.07, 6.45) is 18.8. The van der Waals surface area contributed by atoms with Crippen molar-refractivity contribution in [1.82, 2.24) is 5.32 Å². The first-order chi connectivity index (χ1) is 11.7. The van der Waals surface area contributed by atoms with Crippen LogP contribution < -0.4 is 5.32 Å². The molecule has 1 fully saturated rings. The number of esters is 1. The second-order valence-electron chi connectivity index (χ2n) is 7.09. The number of carbonyl (C=O) groups excluding carboxylic acids is 2. The molecule has 0 aromatic heterocycles. The second-order valence-corrected chi connectivity index (χ2v) is 7.09.